The van der Waals surface area contributed by atoms with Gasteiger partial charge >= 0.3 is 0 Å². The molecule has 0 saturated heterocycles. The van der Waals surface area contributed by atoms with E-state index in [4.69, 9.17) is 11.6 Å². The number of benzene rings is 2. The third-order valence-electron chi connectivity index (χ3n) is 5.69. The minimum Gasteiger partial charge on any atom is -0.325 e. The number of rotatable bonds is 7. The summed E-state index contributed by atoms with van der Waals surface area (Å²) in [4.78, 5) is 23.1. The van der Waals surface area contributed by atoms with Gasteiger partial charge < -0.3 is 5.32 Å². The van der Waals surface area contributed by atoms with Crippen LogP contribution in [-0.4, -0.2) is 30.8 Å². The van der Waals surface area contributed by atoms with E-state index in [1.54, 1.807) is 6.92 Å². The Kier molecular flexibility index (Phi) is 7.29. The van der Waals surface area contributed by atoms with Gasteiger partial charge in [-0.05, 0) is 50.1 Å². The monoisotopic (exact) mass is 485 g/mol. The molecule has 10 heteroatoms. The summed E-state index contributed by atoms with van der Waals surface area (Å²) in [6.45, 7) is 1.79. The number of carbonyl (C=O) groups excluding carboxylic acids is 1. The summed E-state index contributed by atoms with van der Waals surface area (Å²) in [6.07, 6.45) is 5.72. The van der Waals surface area contributed by atoms with Crippen LogP contribution in [0.25, 0.3) is 5.69 Å². The van der Waals surface area contributed by atoms with Gasteiger partial charge in [0.2, 0.25) is 5.91 Å². The van der Waals surface area contributed by atoms with Crippen molar-refractivity contribution in [3.05, 3.63) is 69.5 Å². The number of carbonyl (C=O) groups is 1. The number of aromatic nitrogens is 3. The van der Waals surface area contributed by atoms with Crippen LogP contribution in [0.2, 0.25) is 5.02 Å². The van der Waals surface area contributed by atoms with Crippen LogP contribution in [0.3, 0.4) is 0 Å². The van der Waals surface area contributed by atoms with E-state index < -0.39 is 10.2 Å². The molecule has 33 heavy (non-hydrogen) atoms. The molecule has 1 aliphatic rings. The van der Waals surface area contributed by atoms with Gasteiger partial charge in [0.1, 0.15) is 5.82 Å². The van der Waals surface area contributed by atoms with Crippen LogP contribution in [0.1, 0.15) is 50.8 Å². The zero-order chi connectivity index (χ0) is 23.4. The smallest absolute Gasteiger partial charge is 0.269 e. The van der Waals surface area contributed by atoms with Gasteiger partial charge in [-0.15, -0.1) is 10.2 Å². The molecule has 1 heterocycles. The first-order valence-corrected chi connectivity index (χ1v) is 12.1. The minimum atomic E-state index is -0.476. The second kappa shape index (κ2) is 10.4. The molecular formula is C23H24ClN5O3S. The van der Waals surface area contributed by atoms with Crippen molar-refractivity contribution in [1.29, 1.82) is 0 Å². The largest absolute Gasteiger partial charge is 0.325 e. The molecule has 0 bridgehead atoms. The lowest BCUT2D eigenvalue weighted by atomic mass is 9.88. The SMILES string of the molecule is CC(Sc1nnc(C2CCCCC2)n1-c1cccc(Cl)c1)C(=O)Nc1ccc([N+](=O)[O-])cc1. The molecule has 0 radical (unpaired) electrons. The molecule has 8 nitrogen and oxygen atoms in total. The zero-order valence-electron chi connectivity index (χ0n) is 18.1. The highest BCUT2D eigenvalue weighted by Gasteiger charge is 2.26. The fraction of sp³-hybridized carbons (Fsp3) is 0.348. The maximum atomic E-state index is 12.8. The quantitative estimate of drug-likeness (QED) is 0.250. The highest BCUT2D eigenvalue weighted by Crippen LogP contribution is 2.36. The van der Waals surface area contributed by atoms with Crippen LogP contribution in [-0.2, 0) is 4.79 Å². The Hall–Kier alpha value is -2.91. The van der Waals surface area contributed by atoms with E-state index in [0.717, 1.165) is 24.4 Å². The highest BCUT2D eigenvalue weighted by atomic mass is 35.5. The van der Waals surface area contributed by atoms with Gasteiger partial charge in [0.25, 0.3) is 5.69 Å². The van der Waals surface area contributed by atoms with Crippen LogP contribution in [0.4, 0.5) is 11.4 Å². The molecule has 1 amide bonds. The number of hydrogen-bond donors (Lipinski definition) is 1. The lowest BCUT2D eigenvalue weighted by Gasteiger charge is -2.22. The normalized spacial score (nSPS) is 15.2. The molecule has 1 aromatic heterocycles. The minimum absolute atomic E-state index is 0.0275. The molecule has 172 valence electrons. The van der Waals surface area contributed by atoms with E-state index in [1.165, 1.54) is 55.3 Å². The summed E-state index contributed by atoms with van der Waals surface area (Å²) in [7, 11) is 0. The number of nitro benzene ring substituents is 1. The van der Waals surface area contributed by atoms with Gasteiger partial charge in [-0.2, -0.15) is 0 Å². The van der Waals surface area contributed by atoms with Crippen LogP contribution >= 0.6 is 23.4 Å². The number of thioether (sulfide) groups is 1. The molecule has 1 unspecified atom stereocenters. The van der Waals surface area contributed by atoms with E-state index in [2.05, 4.69) is 15.5 Å². The predicted molar refractivity (Wildman–Crippen MR) is 129 cm³/mol. The second-order valence-electron chi connectivity index (χ2n) is 8.04. The van der Waals surface area contributed by atoms with E-state index in [-0.39, 0.29) is 11.6 Å². The van der Waals surface area contributed by atoms with Gasteiger partial charge in [0, 0.05) is 28.8 Å². The van der Waals surface area contributed by atoms with Crippen LogP contribution in [0, 0.1) is 10.1 Å². The van der Waals surface area contributed by atoms with E-state index in [9.17, 15) is 14.9 Å². The standard InChI is InChI=1S/C23H24ClN5O3S/c1-15(22(30)25-18-10-12-19(13-11-18)29(31)32)33-23-27-26-21(16-6-3-2-4-7-16)28(23)20-9-5-8-17(24)14-20/h5,8-16H,2-4,6-7H2,1H3,(H,25,30). The summed E-state index contributed by atoms with van der Waals surface area (Å²) in [5.74, 6) is 1.000. The van der Waals surface area contributed by atoms with Crippen molar-refractivity contribution in [1.82, 2.24) is 14.8 Å². The number of amides is 1. The van der Waals surface area contributed by atoms with Gasteiger partial charge in [0.15, 0.2) is 5.16 Å². The van der Waals surface area contributed by atoms with Gasteiger partial charge in [0.05, 0.1) is 15.9 Å². The average molecular weight is 486 g/mol. The van der Waals surface area contributed by atoms with Crippen molar-refractivity contribution in [3.63, 3.8) is 0 Å². The Balaban J connectivity index is 1.55. The number of nitro groups is 1. The van der Waals surface area contributed by atoms with Gasteiger partial charge in [-0.25, -0.2) is 0 Å². The third kappa shape index (κ3) is 5.54. The molecule has 1 aliphatic carbocycles. The average Bonchev–Trinajstić information content (AvgIpc) is 3.23. The van der Waals surface area contributed by atoms with Crippen molar-refractivity contribution in [2.45, 2.75) is 55.4 Å². The number of hydrogen-bond acceptors (Lipinski definition) is 6. The Morgan fingerprint density at radius 1 is 1.18 bits per heavy atom. The summed E-state index contributed by atoms with van der Waals surface area (Å²) in [5, 5.41) is 23.4. The molecule has 1 saturated carbocycles. The van der Waals surface area contributed by atoms with Gasteiger partial charge in [-0.1, -0.05) is 48.7 Å². The van der Waals surface area contributed by atoms with Crippen molar-refractivity contribution >= 4 is 40.6 Å². The van der Waals surface area contributed by atoms with Crippen LogP contribution < -0.4 is 5.32 Å². The molecule has 4 rings (SSSR count). The maximum absolute atomic E-state index is 12.8. The molecule has 1 fully saturated rings. The maximum Gasteiger partial charge on any atom is 0.269 e. The van der Waals surface area contributed by atoms with E-state index >= 15 is 0 Å². The van der Waals surface area contributed by atoms with E-state index in [0.29, 0.717) is 21.8 Å². The first-order valence-electron chi connectivity index (χ1n) is 10.9. The molecule has 0 aliphatic heterocycles. The fourth-order valence-corrected chi connectivity index (χ4v) is 5.02. The summed E-state index contributed by atoms with van der Waals surface area (Å²) in [5.41, 5.74) is 1.34. The Bertz CT molecular complexity index is 1150. The second-order valence-corrected chi connectivity index (χ2v) is 9.79. The Morgan fingerprint density at radius 2 is 1.91 bits per heavy atom. The molecule has 3 aromatic rings. The highest BCUT2D eigenvalue weighted by molar-refractivity contribution is 8.00. The van der Waals surface area contributed by atoms with E-state index in [1.807, 2.05) is 28.8 Å². The van der Waals surface area contributed by atoms with Crippen LogP contribution in [0.15, 0.2) is 53.7 Å². The number of halogens is 1. The third-order valence-corrected chi connectivity index (χ3v) is 6.97. The fourth-order valence-electron chi connectivity index (χ4n) is 3.96. The molecule has 1 N–H and O–H groups in total. The summed E-state index contributed by atoms with van der Waals surface area (Å²) < 4.78 is 2.02. The lowest BCUT2D eigenvalue weighted by Crippen LogP contribution is -2.23. The molecule has 0 spiro atoms. The predicted octanol–water partition coefficient (Wildman–Crippen LogP) is 6.00. The first kappa shape index (κ1) is 23.3. The number of nitrogens with one attached hydrogen (secondary N) is 1. The topological polar surface area (TPSA) is 103 Å². The van der Waals surface area contributed by atoms with Crippen molar-refractivity contribution in [2.24, 2.45) is 0 Å². The van der Waals surface area contributed by atoms with Gasteiger partial charge in [-0.3, -0.25) is 19.5 Å². The first-order chi connectivity index (χ1) is 15.9. The summed E-state index contributed by atoms with van der Waals surface area (Å²) in [6, 6.07) is 13.3. The number of anilines is 1. The van der Waals surface area contributed by atoms with Crippen molar-refractivity contribution in [2.75, 3.05) is 5.32 Å². The number of non-ortho nitro benzene ring substituents is 1. The Morgan fingerprint density at radius 3 is 2.58 bits per heavy atom. The summed E-state index contributed by atoms with van der Waals surface area (Å²) >= 11 is 7.58. The lowest BCUT2D eigenvalue weighted by molar-refractivity contribution is -0.384. The number of nitrogens with zero attached hydrogens (tertiary/aromatic N) is 4. The van der Waals surface area contributed by atoms with Crippen molar-refractivity contribution in [3.8, 4) is 5.69 Å². The van der Waals surface area contributed by atoms with Crippen LogP contribution in [0.5, 0.6) is 0 Å². The molecular weight excluding hydrogens is 462 g/mol. The van der Waals surface area contributed by atoms with Crippen molar-refractivity contribution < 1.29 is 9.72 Å². The Labute approximate surface area is 200 Å². The molecule has 2 aromatic carbocycles. The zero-order valence-corrected chi connectivity index (χ0v) is 19.7. The molecule has 1 atom stereocenters.